The molecule has 3 rings (SSSR count). The number of carbonyl (C=O) groups excluding carboxylic acids is 2. The van der Waals surface area contributed by atoms with Crippen molar-refractivity contribution in [3.05, 3.63) is 71.3 Å². The van der Waals surface area contributed by atoms with Crippen molar-refractivity contribution in [3.63, 3.8) is 0 Å². The summed E-state index contributed by atoms with van der Waals surface area (Å²) in [7, 11) is 0. The molecule has 124 valence electrons. The van der Waals surface area contributed by atoms with Crippen molar-refractivity contribution in [2.45, 2.75) is 38.3 Å². The summed E-state index contributed by atoms with van der Waals surface area (Å²) in [6.45, 7) is 0.595. The summed E-state index contributed by atoms with van der Waals surface area (Å²) in [6, 6.07) is 17.6. The fraction of sp³-hybridized carbons (Fsp3) is 0.300. The number of hydrogen-bond donors (Lipinski definition) is 1. The van der Waals surface area contributed by atoms with Crippen LogP contribution in [-0.4, -0.2) is 22.8 Å². The molecular formula is C20H22N2O2. The topological polar surface area (TPSA) is 63.4 Å². The molecule has 2 amide bonds. The summed E-state index contributed by atoms with van der Waals surface area (Å²) >= 11 is 0. The van der Waals surface area contributed by atoms with Crippen molar-refractivity contribution in [1.82, 2.24) is 4.90 Å². The van der Waals surface area contributed by atoms with Crippen LogP contribution in [0.4, 0.5) is 0 Å². The molecule has 0 aliphatic heterocycles. The predicted molar refractivity (Wildman–Crippen MR) is 93.3 cm³/mol. The van der Waals surface area contributed by atoms with Gasteiger partial charge in [0.15, 0.2) is 0 Å². The maximum atomic E-state index is 12.6. The molecule has 2 N–H and O–H groups in total. The second kappa shape index (κ2) is 7.30. The van der Waals surface area contributed by atoms with E-state index >= 15 is 0 Å². The zero-order valence-electron chi connectivity index (χ0n) is 13.7. The number of aryl methyl sites for hydroxylation is 1. The lowest BCUT2D eigenvalue weighted by Crippen LogP contribution is -2.32. The molecule has 0 aromatic heterocycles. The highest BCUT2D eigenvalue weighted by atomic mass is 16.2. The summed E-state index contributed by atoms with van der Waals surface area (Å²) < 4.78 is 0. The maximum Gasteiger partial charge on any atom is 0.248 e. The Morgan fingerprint density at radius 3 is 2.21 bits per heavy atom. The number of primary amides is 1. The first kappa shape index (κ1) is 16.2. The van der Waals surface area contributed by atoms with Crippen molar-refractivity contribution in [3.8, 4) is 0 Å². The Morgan fingerprint density at radius 2 is 1.62 bits per heavy atom. The molecule has 1 fully saturated rings. The Morgan fingerprint density at radius 1 is 0.958 bits per heavy atom. The largest absolute Gasteiger partial charge is 0.366 e. The molecule has 4 heteroatoms. The van der Waals surface area contributed by atoms with Crippen LogP contribution in [-0.2, 0) is 17.8 Å². The average molecular weight is 322 g/mol. The van der Waals surface area contributed by atoms with Gasteiger partial charge in [0.2, 0.25) is 11.8 Å². The Hall–Kier alpha value is -2.62. The number of amides is 2. The van der Waals surface area contributed by atoms with Crippen molar-refractivity contribution >= 4 is 11.8 Å². The highest BCUT2D eigenvalue weighted by molar-refractivity contribution is 5.92. The molecule has 0 heterocycles. The zero-order valence-corrected chi connectivity index (χ0v) is 13.7. The second-order valence-corrected chi connectivity index (χ2v) is 6.30. The molecule has 0 unspecified atom stereocenters. The number of hydrogen-bond acceptors (Lipinski definition) is 2. The summed E-state index contributed by atoms with van der Waals surface area (Å²) in [5.74, 6) is -0.236. The van der Waals surface area contributed by atoms with Crippen molar-refractivity contribution < 1.29 is 9.59 Å². The van der Waals surface area contributed by atoms with Gasteiger partial charge >= 0.3 is 0 Å². The van der Waals surface area contributed by atoms with Crippen LogP contribution in [0.2, 0.25) is 0 Å². The molecule has 24 heavy (non-hydrogen) atoms. The zero-order chi connectivity index (χ0) is 16.9. The maximum absolute atomic E-state index is 12.6. The molecule has 1 aliphatic carbocycles. The lowest BCUT2D eigenvalue weighted by Gasteiger charge is -2.23. The lowest BCUT2D eigenvalue weighted by atomic mass is 10.1. The Bertz CT molecular complexity index is 706. The average Bonchev–Trinajstić information content (AvgIpc) is 3.44. The van der Waals surface area contributed by atoms with Crippen molar-refractivity contribution in [2.75, 3.05) is 0 Å². The van der Waals surface area contributed by atoms with Gasteiger partial charge in [0, 0.05) is 24.6 Å². The Balaban J connectivity index is 1.61. The molecule has 4 nitrogen and oxygen atoms in total. The van der Waals surface area contributed by atoms with E-state index in [1.165, 1.54) is 5.56 Å². The highest BCUT2D eigenvalue weighted by Crippen LogP contribution is 2.29. The van der Waals surface area contributed by atoms with Crippen molar-refractivity contribution in [1.29, 1.82) is 0 Å². The van der Waals surface area contributed by atoms with E-state index < -0.39 is 5.91 Å². The van der Waals surface area contributed by atoms with Crippen LogP contribution in [0.25, 0.3) is 0 Å². The molecule has 0 atom stereocenters. The molecule has 2 aromatic rings. The summed E-state index contributed by atoms with van der Waals surface area (Å²) in [5, 5.41) is 0. The normalized spacial score (nSPS) is 13.5. The van der Waals surface area contributed by atoms with E-state index in [4.69, 9.17) is 5.73 Å². The van der Waals surface area contributed by atoms with E-state index in [1.807, 2.05) is 35.2 Å². The Kier molecular flexibility index (Phi) is 4.94. The van der Waals surface area contributed by atoms with Crippen LogP contribution in [0.3, 0.4) is 0 Å². The van der Waals surface area contributed by atoms with Crippen LogP contribution in [0.1, 0.15) is 40.7 Å². The van der Waals surface area contributed by atoms with E-state index in [9.17, 15) is 9.59 Å². The number of nitrogens with two attached hydrogens (primary N) is 1. The van der Waals surface area contributed by atoms with Crippen LogP contribution >= 0.6 is 0 Å². The quantitative estimate of drug-likeness (QED) is 0.852. The van der Waals surface area contributed by atoms with Gasteiger partial charge in [0.05, 0.1) is 0 Å². The smallest absolute Gasteiger partial charge is 0.248 e. The molecule has 0 saturated heterocycles. The summed E-state index contributed by atoms with van der Waals surface area (Å²) in [5.41, 5.74) is 7.97. The molecule has 1 saturated carbocycles. The van der Waals surface area contributed by atoms with Crippen LogP contribution in [0.15, 0.2) is 54.6 Å². The van der Waals surface area contributed by atoms with Crippen LogP contribution in [0, 0.1) is 0 Å². The SMILES string of the molecule is NC(=O)c1ccc(CN(C(=O)CCc2ccccc2)C2CC2)cc1. The van der Waals surface area contributed by atoms with E-state index in [0.717, 1.165) is 24.8 Å². The summed E-state index contributed by atoms with van der Waals surface area (Å²) in [6.07, 6.45) is 3.45. The van der Waals surface area contributed by atoms with Gasteiger partial charge < -0.3 is 10.6 Å². The number of benzene rings is 2. The molecule has 0 radical (unpaired) electrons. The molecule has 0 spiro atoms. The van der Waals surface area contributed by atoms with Gasteiger partial charge in [-0.2, -0.15) is 0 Å². The molecule has 2 aromatic carbocycles. The minimum atomic E-state index is -0.431. The fourth-order valence-corrected chi connectivity index (χ4v) is 2.82. The van der Waals surface area contributed by atoms with Gasteiger partial charge in [-0.15, -0.1) is 0 Å². The predicted octanol–water partition coefficient (Wildman–Crippen LogP) is 2.91. The first-order valence-electron chi connectivity index (χ1n) is 8.35. The second-order valence-electron chi connectivity index (χ2n) is 6.30. The van der Waals surface area contributed by atoms with Crippen LogP contribution < -0.4 is 5.73 Å². The van der Waals surface area contributed by atoms with Gasteiger partial charge in [0.25, 0.3) is 0 Å². The Labute approximate surface area is 142 Å². The van der Waals surface area contributed by atoms with Gasteiger partial charge in [-0.05, 0) is 42.5 Å². The standard InChI is InChI=1S/C20H22N2O2/c21-20(24)17-9-6-16(7-10-17)14-22(18-11-12-18)19(23)13-8-15-4-2-1-3-5-15/h1-7,9-10,18H,8,11-14H2,(H2,21,24). The number of carbonyl (C=O) groups is 2. The van der Waals surface area contributed by atoms with E-state index in [1.54, 1.807) is 12.1 Å². The number of rotatable bonds is 7. The van der Waals surface area contributed by atoms with Crippen LogP contribution in [0.5, 0.6) is 0 Å². The van der Waals surface area contributed by atoms with Gasteiger partial charge in [-0.25, -0.2) is 0 Å². The number of nitrogens with zero attached hydrogens (tertiary/aromatic N) is 1. The fourth-order valence-electron chi connectivity index (χ4n) is 2.82. The third-order valence-corrected chi connectivity index (χ3v) is 4.37. The first-order chi connectivity index (χ1) is 11.6. The minimum Gasteiger partial charge on any atom is -0.366 e. The highest BCUT2D eigenvalue weighted by Gasteiger charge is 2.32. The van der Waals surface area contributed by atoms with E-state index in [0.29, 0.717) is 24.6 Å². The molecule has 1 aliphatic rings. The first-order valence-corrected chi connectivity index (χ1v) is 8.35. The van der Waals surface area contributed by atoms with Gasteiger partial charge in [0.1, 0.15) is 0 Å². The van der Waals surface area contributed by atoms with E-state index in [2.05, 4.69) is 12.1 Å². The van der Waals surface area contributed by atoms with Gasteiger partial charge in [-0.1, -0.05) is 42.5 Å². The third-order valence-electron chi connectivity index (χ3n) is 4.37. The lowest BCUT2D eigenvalue weighted by molar-refractivity contribution is -0.132. The van der Waals surface area contributed by atoms with Crippen molar-refractivity contribution in [2.24, 2.45) is 5.73 Å². The van der Waals surface area contributed by atoms with Gasteiger partial charge in [-0.3, -0.25) is 9.59 Å². The minimum absolute atomic E-state index is 0.195. The summed E-state index contributed by atoms with van der Waals surface area (Å²) in [4.78, 5) is 25.7. The van der Waals surface area contributed by atoms with E-state index in [-0.39, 0.29) is 5.91 Å². The third kappa shape index (κ3) is 4.22. The molecular weight excluding hydrogens is 300 g/mol. The monoisotopic (exact) mass is 322 g/mol. The molecule has 0 bridgehead atoms.